The van der Waals surface area contributed by atoms with E-state index in [9.17, 15) is 0 Å². The lowest BCUT2D eigenvalue weighted by atomic mass is 9.96. The number of nitrogens with one attached hydrogen (secondary N) is 2. The second-order valence-corrected chi connectivity index (χ2v) is 4.43. The molecular formula is C8H17N5. The van der Waals surface area contributed by atoms with E-state index < -0.39 is 0 Å². The molecule has 0 aliphatic heterocycles. The molecular weight excluding hydrogens is 166 g/mol. The molecule has 13 heavy (non-hydrogen) atoms. The first-order valence-electron chi connectivity index (χ1n) is 4.46. The van der Waals surface area contributed by atoms with Gasteiger partial charge < -0.3 is 5.32 Å². The van der Waals surface area contributed by atoms with Gasteiger partial charge in [-0.1, -0.05) is 26.0 Å². The molecule has 74 valence electrons. The van der Waals surface area contributed by atoms with Gasteiger partial charge in [0, 0.05) is 6.54 Å². The number of hydrogen-bond acceptors (Lipinski definition) is 4. The van der Waals surface area contributed by atoms with Crippen LogP contribution < -0.4 is 5.32 Å². The van der Waals surface area contributed by atoms with E-state index in [1.807, 2.05) is 6.92 Å². The van der Waals surface area contributed by atoms with E-state index in [0.29, 0.717) is 5.82 Å². The van der Waals surface area contributed by atoms with E-state index in [-0.39, 0.29) is 11.5 Å². The Balaban J connectivity index is 2.39. The molecule has 0 aliphatic carbocycles. The van der Waals surface area contributed by atoms with Crippen LogP contribution in [0, 0.1) is 5.41 Å². The van der Waals surface area contributed by atoms with Crippen molar-refractivity contribution in [3.05, 3.63) is 5.82 Å². The second-order valence-electron chi connectivity index (χ2n) is 4.43. The van der Waals surface area contributed by atoms with Crippen LogP contribution in [0.5, 0.6) is 0 Å². The maximum atomic E-state index is 3.91. The zero-order valence-corrected chi connectivity index (χ0v) is 8.63. The molecule has 1 rings (SSSR count). The SMILES string of the molecule is CC(NCC(C)(C)C)c1nn[nH]n1. The average molecular weight is 183 g/mol. The highest BCUT2D eigenvalue weighted by molar-refractivity contribution is 4.86. The molecule has 5 nitrogen and oxygen atoms in total. The van der Waals surface area contributed by atoms with Crippen LogP contribution in [-0.2, 0) is 0 Å². The van der Waals surface area contributed by atoms with Crippen LogP contribution in [0.25, 0.3) is 0 Å². The van der Waals surface area contributed by atoms with Gasteiger partial charge in [0.2, 0.25) is 0 Å². The Morgan fingerprint density at radius 2 is 2.15 bits per heavy atom. The van der Waals surface area contributed by atoms with Crippen molar-refractivity contribution < 1.29 is 0 Å². The fraction of sp³-hybridized carbons (Fsp3) is 0.875. The summed E-state index contributed by atoms with van der Waals surface area (Å²) in [5, 5.41) is 17.1. The monoisotopic (exact) mass is 183 g/mol. The van der Waals surface area contributed by atoms with Gasteiger partial charge in [-0.3, -0.25) is 0 Å². The normalized spacial score (nSPS) is 14.5. The van der Waals surface area contributed by atoms with Gasteiger partial charge in [-0.25, -0.2) is 0 Å². The quantitative estimate of drug-likeness (QED) is 0.730. The summed E-state index contributed by atoms with van der Waals surface area (Å²) in [5.74, 6) is 0.712. The smallest absolute Gasteiger partial charge is 0.191 e. The molecule has 0 amide bonds. The van der Waals surface area contributed by atoms with Crippen molar-refractivity contribution in [2.24, 2.45) is 5.41 Å². The van der Waals surface area contributed by atoms with E-state index in [4.69, 9.17) is 0 Å². The highest BCUT2D eigenvalue weighted by Crippen LogP contribution is 2.13. The van der Waals surface area contributed by atoms with E-state index in [1.54, 1.807) is 0 Å². The molecule has 0 bridgehead atoms. The van der Waals surface area contributed by atoms with Crippen LogP contribution in [0.2, 0.25) is 0 Å². The molecule has 1 heterocycles. The number of tetrazole rings is 1. The lowest BCUT2D eigenvalue weighted by Crippen LogP contribution is -2.29. The summed E-state index contributed by atoms with van der Waals surface area (Å²) in [7, 11) is 0. The lowest BCUT2D eigenvalue weighted by Gasteiger charge is -2.20. The van der Waals surface area contributed by atoms with Gasteiger partial charge in [0.25, 0.3) is 0 Å². The van der Waals surface area contributed by atoms with Crippen molar-refractivity contribution in [3.63, 3.8) is 0 Å². The van der Waals surface area contributed by atoms with Crippen molar-refractivity contribution in [1.82, 2.24) is 25.9 Å². The molecule has 0 radical (unpaired) electrons. The predicted octanol–water partition coefficient (Wildman–Crippen LogP) is 0.896. The van der Waals surface area contributed by atoms with Crippen LogP contribution in [0.1, 0.15) is 39.6 Å². The molecule has 0 fully saturated rings. The molecule has 1 atom stereocenters. The van der Waals surface area contributed by atoms with Crippen molar-refractivity contribution in [2.75, 3.05) is 6.54 Å². The molecule has 1 aromatic heterocycles. The van der Waals surface area contributed by atoms with E-state index in [0.717, 1.165) is 6.54 Å². The predicted molar refractivity (Wildman–Crippen MR) is 50.1 cm³/mol. The first-order chi connectivity index (χ1) is 5.99. The van der Waals surface area contributed by atoms with Crippen LogP contribution in [-0.4, -0.2) is 27.2 Å². The van der Waals surface area contributed by atoms with Gasteiger partial charge in [0.05, 0.1) is 6.04 Å². The Morgan fingerprint density at radius 1 is 1.46 bits per heavy atom. The van der Waals surface area contributed by atoms with Crippen LogP contribution >= 0.6 is 0 Å². The number of rotatable bonds is 3. The summed E-state index contributed by atoms with van der Waals surface area (Å²) in [6.07, 6.45) is 0. The number of hydrogen-bond donors (Lipinski definition) is 2. The molecule has 5 heteroatoms. The zero-order chi connectivity index (χ0) is 9.90. The highest BCUT2D eigenvalue weighted by atomic mass is 15.5. The minimum absolute atomic E-state index is 0.151. The Kier molecular flexibility index (Phi) is 2.98. The second kappa shape index (κ2) is 3.83. The zero-order valence-electron chi connectivity index (χ0n) is 8.63. The largest absolute Gasteiger partial charge is 0.307 e. The van der Waals surface area contributed by atoms with E-state index in [2.05, 4.69) is 46.7 Å². The minimum atomic E-state index is 0.151. The number of nitrogens with zero attached hydrogens (tertiary/aromatic N) is 3. The molecule has 1 unspecified atom stereocenters. The fourth-order valence-corrected chi connectivity index (χ4v) is 0.904. The molecule has 0 saturated carbocycles. The Bertz CT molecular complexity index is 236. The molecule has 2 N–H and O–H groups in total. The minimum Gasteiger partial charge on any atom is -0.307 e. The maximum Gasteiger partial charge on any atom is 0.191 e. The van der Waals surface area contributed by atoms with Gasteiger partial charge in [0.1, 0.15) is 0 Å². The topological polar surface area (TPSA) is 66.5 Å². The molecule has 1 aromatic rings. The third-order valence-electron chi connectivity index (χ3n) is 1.69. The number of H-pyrrole nitrogens is 1. The molecule has 0 aliphatic rings. The van der Waals surface area contributed by atoms with Crippen LogP contribution in [0.15, 0.2) is 0 Å². The summed E-state index contributed by atoms with van der Waals surface area (Å²) in [4.78, 5) is 0. The summed E-state index contributed by atoms with van der Waals surface area (Å²) < 4.78 is 0. The number of aromatic nitrogens is 4. The summed E-state index contributed by atoms with van der Waals surface area (Å²) in [5.41, 5.74) is 0.276. The van der Waals surface area contributed by atoms with Gasteiger partial charge in [-0.15, -0.1) is 10.2 Å². The number of aromatic amines is 1. The first-order valence-corrected chi connectivity index (χ1v) is 4.46. The van der Waals surface area contributed by atoms with Crippen LogP contribution in [0.3, 0.4) is 0 Å². The fourth-order valence-electron chi connectivity index (χ4n) is 0.904. The van der Waals surface area contributed by atoms with Gasteiger partial charge in [-0.2, -0.15) is 5.21 Å². The van der Waals surface area contributed by atoms with Crippen molar-refractivity contribution >= 4 is 0 Å². The Hall–Kier alpha value is -0.970. The molecule has 0 spiro atoms. The maximum absolute atomic E-state index is 3.91. The van der Waals surface area contributed by atoms with Crippen molar-refractivity contribution in [1.29, 1.82) is 0 Å². The van der Waals surface area contributed by atoms with Crippen molar-refractivity contribution in [2.45, 2.75) is 33.7 Å². The highest BCUT2D eigenvalue weighted by Gasteiger charge is 2.14. The summed E-state index contributed by atoms with van der Waals surface area (Å²) in [6.45, 7) is 9.51. The van der Waals surface area contributed by atoms with Crippen LogP contribution in [0.4, 0.5) is 0 Å². The molecule has 0 aromatic carbocycles. The Morgan fingerprint density at radius 3 is 2.62 bits per heavy atom. The third-order valence-corrected chi connectivity index (χ3v) is 1.69. The Labute approximate surface area is 78.3 Å². The first kappa shape index (κ1) is 10.1. The van der Waals surface area contributed by atoms with Gasteiger partial charge in [0.15, 0.2) is 5.82 Å². The lowest BCUT2D eigenvalue weighted by molar-refractivity contribution is 0.355. The third kappa shape index (κ3) is 3.50. The van der Waals surface area contributed by atoms with Gasteiger partial charge in [-0.05, 0) is 12.3 Å². The summed E-state index contributed by atoms with van der Waals surface area (Å²) >= 11 is 0. The molecule has 0 saturated heterocycles. The van der Waals surface area contributed by atoms with Crippen molar-refractivity contribution in [3.8, 4) is 0 Å². The van der Waals surface area contributed by atoms with E-state index in [1.165, 1.54) is 0 Å². The average Bonchev–Trinajstić information content (AvgIpc) is 2.50. The summed E-state index contributed by atoms with van der Waals surface area (Å²) in [6, 6.07) is 0.151. The standard InChI is InChI=1S/C8H17N5/c1-6(7-10-12-13-11-7)9-5-8(2,3)4/h6,9H,5H2,1-4H3,(H,10,11,12,13). The van der Waals surface area contributed by atoms with Gasteiger partial charge >= 0.3 is 0 Å². The van der Waals surface area contributed by atoms with E-state index >= 15 is 0 Å².